The normalized spacial score (nSPS) is 11.7. The molecule has 1 aromatic rings. The predicted molar refractivity (Wildman–Crippen MR) is 109 cm³/mol. The summed E-state index contributed by atoms with van der Waals surface area (Å²) in [6, 6.07) is 5.93. The van der Waals surface area contributed by atoms with E-state index in [4.69, 9.17) is 9.47 Å². The highest BCUT2D eigenvalue weighted by Crippen LogP contribution is 2.10. The molecule has 0 saturated carbocycles. The van der Waals surface area contributed by atoms with Gasteiger partial charge in [0.1, 0.15) is 6.04 Å². The van der Waals surface area contributed by atoms with Crippen LogP contribution in [0.2, 0.25) is 0 Å². The molecule has 9 nitrogen and oxygen atoms in total. The summed E-state index contributed by atoms with van der Waals surface area (Å²) in [5.41, 5.74) is 1.36. The van der Waals surface area contributed by atoms with E-state index in [0.717, 1.165) is 24.6 Å². The quantitative estimate of drug-likeness (QED) is 0.225. The second-order valence-electron chi connectivity index (χ2n) is 6.38. The Labute approximate surface area is 175 Å². The first kappa shape index (κ1) is 24.8. The number of ether oxygens (including phenoxy) is 2. The molecule has 1 N–H and O–H groups in total. The van der Waals surface area contributed by atoms with E-state index in [-0.39, 0.29) is 26.1 Å². The van der Waals surface area contributed by atoms with Gasteiger partial charge in [-0.15, -0.1) is 0 Å². The third-order valence-corrected chi connectivity index (χ3v) is 4.10. The van der Waals surface area contributed by atoms with Crippen LogP contribution in [0.5, 0.6) is 0 Å². The molecular formula is C21H28N2O7. The molecule has 9 heteroatoms. The lowest BCUT2D eigenvalue weighted by Crippen LogP contribution is -2.42. The predicted octanol–water partition coefficient (Wildman–Crippen LogP) is 2.80. The molecule has 0 unspecified atom stereocenters. The summed E-state index contributed by atoms with van der Waals surface area (Å²) in [5, 5.41) is 12.8. The maximum absolute atomic E-state index is 12.5. The number of allylic oxidation sites excluding steroid dienone is 1. The molecule has 164 valence electrons. The minimum Gasteiger partial charge on any atom is -0.466 e. The van der Waals surface area contributed by atoms with Gasteiger partial charge in [0, 0.05) is 12.0 Å². The van der Waals surface area contributed by atoms with Crippen molar-refractivity contribution in [2.24, 2.45) is 0 Å². The van der Waals surface area contributed by atoms with Crippen molar-refractivity contribution < 1.29 is 28.8 Å². The summed E-state index contributed by atoms with van der Waals surface area (Å²) >= 11 is 0. The maximum Gasteiger partial charge on any atom is 0.328 e. The number of nitrogens with zero attached hydrogens (tertiary/aromatic N) is 1. The highest BCUT2D eigenvalue weighted by atomic mass is 16.6. The highest BCUT2D eigenvalue weighted by molar-refractivity contribution is 5.96. The molecule has 1 aromatic carbocycles. The molecule has 0 aliphatic heterocycles. The zero-order chi connectivity index (χ0) is 22.4. The minimum absolute atomic E-state index is 0.0125. The van der Waals surface area contributed by atoms with E-state index < -0.39 is 28.8 Å². The average molecular weight is 420 g/mol. The molecule has 1 amide bonds. The van der Waals surface area contributed by atoms with Gasteiger partial charge >= 0.3 is 11.9 Å². The fourth-order valence-electron chi connectivity index (χ4n) is 2.64. The first-order valence-corrected chi connectivity index (χ1v) is 9.89. The lowest BCUT2D eigenvalue weighted by molar-refractivity contribution is -0.402. The summed E-state index contributed by atoms with van der Waals surface area (Å²) in [5.74, 6) is -1.50. The minimum atomic E-state index is -0.949. The van der Waals surface area contributed by atoms with E-state index in [2.05, 4.69) is 5.32 Å². The standard InChI is InChI=1S/C21H28N2O7/c1-3-29-19(24)14-13-18(21(26)30-4-2)22-20(25)17-11-9-16(10-12-17)8-6-5-7-15-23(27)28/h7,9-12,15,18H,3-6,8,13-14H2,1-2H3,(H,22,25)/t18-/m0/s1. The van der Waals surface area contributed by atoms with Gasteiger partial charge < -0.3 is 14.8 Å². The van der Waals surface area contributed by atoms with Crippen molar-refractivity contribution in [1.29, 1.82) is 0 Å². The Morgan fingerprint density at radius 1 is 1.13 bits per heavy atom. The lowest BCUT2D eigenvalue weighted by atomic mass is 10.1. The van der Waals surface area contributed by atoms with Gasteiger partial charge in [-0.3, -0.25) is 19.7 Å². The Morgan fingerprint density at radius 2 is 1.80 bits per heavy atom. The first-order chi connectivity index (χ1) is 14.4. The number of benzene rings is 1. The molecule has 0 saturated heterocycles. The summed E-state index contributed by atoms with van der Waals surface area (Å²) in [7, 11) is 0. The van der Waals surface area contributed by atoms with Gasteiger partial charge in [-0.1, -0.05) is 12.1 Å². The molecule has 1 rings (SSSR count). The Morgan fingerprint density at radius 3 is 2.40 bits per heavy atom. The van der Waals surface area contributed by atoms with Crippen LogP contribution >= 0.6 is 0 Å². The van der Waals surface area contributed by atoms with Gasteiger partial charge in [0.25, 0.3) is 5.91 Å². The number of nitro groups is 1. The molecule has 1 atom stereocenters. The van der Waals surface area contributed by atoms with E-state index in [1.807, 2.05) is 0 Å². The van der Waals surface area contributed by atoms with Crippen LogP contribution in [0.1, 0.15) is 55.5 Å². The van der Waals surface area contributed by atoms with E-state index in [1.165, 1.54) is 6.08 Å². The van der Waals surface area contributed by atoms with Crippen LogP contribution in [0.25, 0.3) is 0 Å². The van der Waals surface area contributed by atoms with E-state index in [1.54, 1.807) is 38.1 Å². The first-order valence-electron chi connectivity index (χ1n) is 9.89. The van der Waals surface area contributed by atoms with Gasteiger partial charge in [-0.2, -0.15) is 0 Å². The lowest BCUT2D eigenvalue weighted by Gasteiger charge is -2.17. The molecule has 0 aromatic heterocycles. The second kappa shape index (κ2) is 13.9. The van der Waals surface area contributed by atoms with Gasteiger partial charge in [0.05, 0.1) is 18.1 Å². The molecule has 0 aliphatic carbocycles. The van der Waals surface area contributed by atoms with Crippen LogP contribution in [0, 0.1) is 10.1 Å². The molecule has 30 heavy (non-hydrogen) atoms. The largest absolute Gasteiger partial charge is 0.466 e. The van der Waals surface area contributed by atoms with E-state index in [9.17, 15) is 24.5 Å². The molecule has 0 radical (unpaired) electrons. The molecule has 0 heterocycles. The fraction of sp³-hybridized carbons (Fsp3) is 0.476. The summed E-state index contributed by atoms with van der Waals surface area (Å²) in [6.45, 7) is 3.76. The van der Waals surface area contributed by atoms with Crippen molar-refractivity contribution in [3.05, 3.63) is 57.8 Å². The third-order valence-electron chi connectivity index (χ3n) is 4.10. The summed E-state index contributed by atoms with van der Waals surface area (Å²) in [4.78, 5) is 45.9. The van der Waals surface area contributed by atoms with E-state index in [0.29, 0.717) is 12.0 Å². The maximum atomic E-state index is 12.5. The smallest absolute Gasteiger partial charge is 0.328 e. The number of aryl methyl sites for hydroxylation is 1. The highest BCUT2D eigenvalue weighted by Gasteiger charge is 2.23. The molecular weight excluding hydrogens is 392 g/mol. The van der Waals surface area contributed by atoms with Gasteiger partial charge in [0.15, 0.2) is 0 Å². The second-order valence-corrected chi connectivity index (χ2v) is 6.38. The topological polar surface area (TPSA) is 125 Å². The zero-order valence-electron chi connectivity index (χ0n) is 17.3. The number of carbonyl (C=O) groups is 3. The average Bonchev–Trinajstić information content (AvgIpc) is 2.71. The molecule has 0 spiro atoms. The van der Waals surface area contributed by atoms with Crippen molar-refractivity contribution in [2.75, 3.05) is 13.2 Å². The fourth-order valence-corrected chi connectivity index (χ4v) is 2.64. The van der Waals surface area contributed by atoms with Crippen LogP contribution in [0.4, 0.5) is 0 Å². The van der Waals surface area contributed by atoms with Crippen LogP contribution in [0.15, 0.2) is 36.5 Å². The van der Waals surface area contributed by atoms with Gasteiger partial charge in [-0.05, 0) is 63.3 Å². The van der Waals surface area contributed by atoms with Crippen LogP contribution < -0.4 is 5.32 Å². The summed E-state index contributed by atoms with van der Waals surface area (Å²) in [6.07, 6.45) is 4.55. The van der Waals surface area contributed by atoms with Crippen LogP contribution in [0.3, 0.4) is 0 Å². The Balaban J connectivity index is 2.63. The van der Waals surface area contributed by atoms with Crippen LogP contribution in [-0.4, -0.2) is 42.0 Å². The van der Waals surface area contributed by atoms with Crippen molar-refractivity contribution in [3.8, 4) is 0 Å². The van der Waals surface area contributed by atoms with Crippen LogP contribution in [-0.2, 0) is 25.5 Å². The van der Waals surface area contributed by atoms with Gasteiger partial charge in [0.2, 0.25) is 6.20 Å². The Bertz CT molecular complexity index is 744. The number of amides is 1. The zero-order valence-corrected chi connectivity index (χ0v) is 17.3. The van der Waals surface area contributed by atoms with E-state index >= 15 is 0 Å². The molecule has 0 bridgehead atoms. The molecule has 0 aliphatic rings. The molecule has 0 fully saturated rings. The van der Waals surface area contributed by atoms with Gasteiger partial charge in [-0.25, -0.2) is 4.79 Å². The van der Waals surface area contributed by atoms with Crippen molar-refractivity contribution in [2.45, 2.75) is 52.0 Å². The monoisotopic (exact) mass is 420 g/mol. The SMILES string of the molecule is CCOC(=O)CC[C@H](NC(=O)c1ccc(CCCC=C[N+](=O)[O-])cc1)C(=O)OCC. The number of nitrogens with one attached hydrogen (secondary N) is 1. The number of rotatable bonds is 13. The number of hydrogen-bond donors (Lipinski definition) is 1. The van der Waals surface area contributed by atoms with Crippen molar-refractivity contribution >= 4 is 17.8 Å². The summed E-state index contributed by atoms with van der Waals surface area (Å²) < 4.78 is 9.83. The Kier molecular flexibility index (Phi) is 11.5. The number of carbonyl (C=O) groups excluding carboxylic acids is 3. The third kappa shape index (κ3) is 9.81. The van der Waals surface area contributed by atoms with Crippen molar-refractivity contribution in [1.82, 2.24) is 5.32 Å². The number of esters is 2. The van der Waals surface area contributed by atoms with Crippen molar-refractivity contribution in [3.63, 3.8) is 0 Å². The number of unbranched alkanes of at least 4 members (excludes halogenated alkanes) is 1. The number of hydrogen-bond acceptors (Lipinski definition) is 7. The Hall–Kier alpha value is -3.23.